The van der Waals surface area contributed by atoms with Crippen LogP contribution >= 0.6 is 0 Å². The third-order valence-corrected chi connectivity index (χ3v) is 3.93. The molecule has 0 saturated carbocycles. The van der Waals surface area contributed by atoms with Crippen LogP contribution in [0.25, 0.3) is 0 Å². The van der Waals surface area contributed by atoms with Crippen molar-refractivity contribution in [1.29, 1.82) is 0 Å². The summed E-state index contributed by atoms with van der Waals surface area (Å²) < 4.78 is 77.2. The van der Waals surface area contributed by atoms with E-state index < -0.39 is 47.4 Å². The Hall–Kier alpha value is -3.04. The van der Waals surface area contributed by atoms with Crippen LogP contribution in [0.5, 0.6) is 0 Å². The quantitative estimate of drug-likeness (QED) is 0.695. The van der Waals surface area contributed by atoms with Crippen LogP contribution in [0.1, 0.15) is 34.0 Å². The van der Waals surface area contributed by atoms with E-state index in [0.29, 0.717) is 24.2 Å². The number of amides is 2. The minimum atomic E-state index is -5.07. The Labute approximate surface area is 161 Å². The normalized spacial score (nSPS) is 11.8. The summed E-state index contributed by atoms with van der Waals surface area (Å²) in [6, 6.07) is 7.36. The van der Waals surface area contributed by atoms with E-state index >= 15 is 0 Å². The van der Waals surface area contributed by atoms with Crippen molar-refractivity contribution in [3.63, 3.8) is 0 Å². The molecular weight excluding hydrogens is 402 g/mol. The van der Waals surface area contributed by atoms with Gasteiger partial charge in [0.1, 0.15) is 0 Å². The summed E-state index contributed by atoms with van der Waals surface area (Å²) in [5.74, 6) is -1.91. The van der Waals surface area contributed by atoms with E-state index in [1.165, 1.54) is 0 Å². The van der Waals surface area contributed by atoms with Crippen LogP contribution in [0.3, 0.4) is 0 Å². The number of halogens is 6. The highest BCUT2D eigenvalue weighted by atomic mass is 19.4. The van der Waals surface area contributed by atoms with Gasteiger partial charge in [0.25, 0.3) is 5.91 Å². The van der Waals surface area contributed by atoms with Gasteiger partial charge < -0.3 is 10.6 Å². The van der Waals surface area contributed by atoms with Gasteiger partial charge in [0.05, 0.1) is 17.7 Å². The molecule has 2 rings (SSSR count). The average molecular weight is 418 g/mol. The van der Waals surface area contributed by atoms with Gasteiger partial charge in [-0.3, -0.25) is 9.59 Å². The van der Waals surface area contributed by atoms with Crippen LogP contribution in [-0.4, -0.2) is 18.4 Å². The van der Waals surface area contributed by atoms with Gasteiger partial charge in [-0.2, -0.15) is 26.3 Å². The lowest BCUT2D eigenvalue weighted by molar-refractivity contribution is -0.143. The summed E-state index contributed by atoms with van der Waals surface area (Å²) in [5.41, 5.74) is -2.76. The van der Waals surface area contributed by atoms with Crippen LogP contribution in [-0.2, 0) is 23.6 Å². The van der Waals surface area contributed by atoms with Gasteiger partial charge in [0, 0.05) is 11.3 Å². The van der Waals surface area contributed by atoms with Crippen LogP contribution in [0.4, 0.5) is 32.0 Å². The fourth-order valence-electron chi connectivity index (χ4n) is 2.49. The fraction of sp³-hybridized carbons (Fsp3) is 0.263. The van der Waals surface area contributed by atoms with E-state index in [1.54, 1.807) is 24.3 Å². The number of aryl methyl sites for hydroxylation is 1. The van der Waals surface area contributed by atoms with Crippen molar-refractivity contribution >= 4 is 17.5 Å². The highest BCUT2D eigenvalue weighted by molar-refractivity contribution is 5.99. The average Bonchev–Trinajstić information content (AvgIpc) is 2.64. The molecule has 10 heteroatoms. The molecule has 29 heavy (non-hydrogen) atoms. The SMILES string of the molecule is CCc1ccccc1NC(=O)CNC(=O)c1cc(C(F)(F)F)cc(C(F)(F)F)c1. The molecule has 156 valence electrons. The van der Waals surface area contributed by atoms with Crippen molar-refractivity contribution in [2.24, 2.45) is 0 Å². The number of hydrogen-bond donors (Lipinski definition) is 2. The molecule has 0 heterocycles. The van der Waals surface area contributed by atoms with Gasteiger partial charge in [-0.1, -0.05) is 25.1 Å². The van der Waals surface area contributed by atoms with Crippen LogP contribution in [0.15, 0.2) is 42.5 Å². The summed E-state index contributed by atoms with van der Waals surface area (Å²) in [4.78, 5) is 24.0. The molecule has 0 saturated heterocycles. The number of benzene rings is 2. The number of rotatable bonds is 5. The van der Waals surface area contributed by atoms with Crippen molar-refractivity contribution < 1.29 is 35.9 Å². The Morgan fingerprint density at radius 3 is 1.97 bits per heavy atom. The second kappa shape index (κ2) is 8.54. The number of anilines is 1. The minimum absolute atomic E-state index is 0.0782. The predicted octanol–water partition coefficient (Wildman–Crippen LogP) is 4.66. The molecule has 0 radical (unpaired) electrons. The number of hydrogen-bond acceptors (Lipinski definition) is 2. The van der Waals surface area contributed by atoms with Gasteiger partial charge >= 0.3 is 12.4 Å². The maximum absolute atomic E-state index is 12.9. The van der Waals surface area contributed by atoms with Gasteiger partial charge in [-0.25, -0.2) is 0 Å². The minimum Gasteiger partial charge on any atom is -0.343 e. The molecule has 0 aromatic heterocycles. The summed E-state index contributed by atoms with van der Waals surface area (Å²) >= 11 is 0. The van der Waals surface area contributed by atoms with Crippen molar-refractivity contribution in [1.82, 2.24) is 5.32 Å². The van der Waals surface area contributed by atoms with Gasteiger partial charge in [-0.15, -0.1) is 0 Å². The molecule has 0 spiro atoms. The zero-order valence-electron chi connectivity index (χ0n) is 15.0. The van der Waals surface area contributed by atoms with Crippen molar-refractivity contribution in [3.05, 3.63) is 64.7 Å². The molecule has 0 bridgehead atoms. The lowest BCUT2D eigenvalue weighted by Crippen LogP contribution is -2.33. The first kappa shape index (κ1) is 22.3. The van der Waals surface area contributed by atoms with Gasteiger partial charge in [0.15, 0.2) is 0 Å². The monoisotopic (exact) mass is 418 g/mol. The second-order valence-corrected chi connectivity index (χ2v) is 6.04. The van der Waals surface area contributed by atoms with Crippen LogP contribution < -0.4 is 10.6 Å². The number of alkyl halides is 6. The molecule has 2 aromatic rings. The second-order valence-electron chi connectivity index (χ2n) is 6.04. The molecule has 0 unspecified atom stereocenters. The lowest BCUT2D eigenvalue weighted by atomic mass is 10.0. The summed E-state index contributed by atoms with van der Waals surface area (Å²) in [5, 5.41) is 4.55. The summed E-state index contributed by atoms with van der Waals surface area (Å²) in [7, 11) is 0. The molecule has 4 nitrogen and oxygen atoms in total. The predicted molar refractivity (Wildman–Crippen MR) is 93.2 cm³/mol. The van der Waals surface area contributed by atoms with E-state index in [9.17, 15) is 35.9 Å². The first-order chi connectivity index (χ1) is 13.4. The fourth-order valence-corrected chi connectivity index (χ4v) is 2.49. The number of nitrogens with one attached hydrogen (secondary N) is 2. The largest absolute Gasteiger partial charge is 0.416 e. The molecule has 0 fully saturated rings. The zero-order chi connectivity index (χ0) is 21.8. The number of para-hydroxylation sites is 1. The topological polar surface area (TPSA) is 58.2 Å². The van der Waals surface area contributed by atoms with Gasteiger partial charge in [-0.05, 0) is 36.2 Å². The first-order valence-corrected chi connectivity index (χ1v) is 8.37. The van der Waals surface area contributed by atoms with E-state index in [2.05, 4.69) is 5.32 Å². The van der Waals surface area contributed by atoms with E-state index in [0.717, 1.165) is 5.56 Å². The number of carbonyl (C=O) groups is 2. The Balaban J connectivity index is 2.15. The van der Waals surface area contributed by atoms with Crippen molar-refractivity contribution in [3.8, 4) is 0 Å². The van der Waals surface area contributed by atoms with Crippen LogP contribution in [0, 0.1) is 0 Å². The van der Waals surface area contributed by atoms with Gasteiger partial charge in [0.2, 0.25) is 5.91 Å². The molecule has 2 amide bonds. The zero-order valence-corrected chi connectivity index (χ0v) is 15.0. The molecular formula is C19H16F6N2O2. The van der Waals surface area contributed by atoms with Crippen LogP contribution in [0.2, 0.25) is 0 Å². The first-order valence-electron chi connectivity index (χ1n) is 8.37. The van der Waals surface area contributed by atoms with Crippen molar-refractivity contribution in [2.75, 3.05) is 11.9 Å². The summed E-state index contributed by atoms with van der Waals surface area (Å²) in [6.45, 7) is 1.23. The number of carbonyl (C=O) groups excluding carboxylic acids is 2. The summed E-state index contributed by atoms with van der Waals surface area (Å²) in [6.07, 6.45) is -9.53. The highest BCUT2D eigenvalue weighted by Crippen LogP contribution is 2.36. The highest BCUT2D eigenvalue weighted by Gasteiger charge is 2.37. The molecule has 0 atom stereocenters. The van der Waals surface area contributed by atoms with Crippen molar-refractivity contribution in [2.45, 2.75) is 25.7 Å². The molecule has 0 aliphatic carbocycles. The third kappa shape index (κ3) is 5.97. The Morgan fingerprint density at radius 1 is 0.897 bits per heavy atom. The lowest BCUT2D eigenvalue weighted by Gasteiger charge is -2.14. The smallest absolute Gasteiger partial charge is 0.343 e. The van der Waals surface area contributed by atoms with E-state index in [1.807, 2.05) is 12.2 Å². The Bertz CT molecular complexity index is 874. The standard InChI is InChI=1S/C19H16F6N2O2/c1-2-11-5-3-4-6-15(11)27-16(28)10-26-17(29)12-7-13(18(20,21)22)9-14(8-12)19(23,24)25/h3-9H,2,10H2,1H3,(H,26,29)(H,27,28). The molecule has 0 aliphatic rings. The Morgan fingerprint density at radius 2 is 1.45 bits per heavy atom. The molecule has 2 N–H and O–H groups in total. The van der Waals surface area contributed by atoms with E-state index in [4.69, 9.17) is 0 Å². The third-order valence-electron chi connectivity index (χ3n) is 3.93. The maximum atomic E-state index is 12.9. The van der Waals surface area contributed by atoms with E-state index in [-0.39, 0.29) is 6.07 Å². The molecule has 0 aliphatic heterocycles. The maximum Gasteiger partial charge on any atom is 0.416 e. The molecule has 2 aromatic carbocycles. The Kier molecular flexibility index (Phi) is 6.55.